The van der Waals surface area contributed by atoms with Crippen LogP contribution in [-0.4, -0.2) is 64.1 Å². The minimum atomic E-state index is 0.600. The largest absolute Gasteiger partial charge is 0.357 e. The number of aromatic nitrogens is 4. The van der Waals surface area contributed by atoms with Crippen molar-refractivity contribution in [2.45, 2.75) is 19.9 Å². The first-order chi connectivity index (χ1) is 9.69. The molecule has 1 saturated heterocycles. The van der Waals surface area contributed by atoms with E-state index in [-0.39, 0.29) is 0 Å². The number of piperazine rings is 1. The third-order valence-electron chi connectivity index (χ3n) is 3.83. The van der Waals surface area contributed by atoms with E-state index in [4.69, 9.17) is 0 Å². The van der Waals surface area contributed by atoms with Crippen molar-refractivity contribution in [3.63, 3.8) is 0 Å². The third-order valence-corrected chi connectivity index (χ3v) is 3.83. The molecule has 2 aromatic heterocycles. The lowest BCUT2D eigenvalue weighted by molar-refractivity contribution is 0.209. The molecule has 0 aromatic carbocycles. The van der Waals surface area contributed by atoms with Crippen LogP contribution in [0.15, 0.2) is 6.33 Å². The van der Waals surface area contributed by atoms with Gasteiger partial charge in [0.2, 0.25) is 5.95 Å². The molecule has 2 aromatic rings. The van der Waals surface area contributed by atoms with Gasteiger partial charge < -0.3 is 15.2 Å². The minimum Gasteiger partial charge on any atom is -0.357 e. The second-order valence-corrected chi connectivity index (χ2v) is 5.34. The fourth-order valence-corrected chi connectivity index (χ4v) is 2.61. The van der Waals surface area contributed by atoms with E-state index in [1.165, 1.54) is 0 Å². The highest BCUT2D eigenvalue weighted by atomic mass is 15.3. The number of nitrogens with zero attached hydrogens (tertiary/aromatic N) is 5. The van der Waals surface area contributed by atoms with Crippen molar-refractivity contribution in [3.8, 4) is 0 Å². The summed E-state index contributed by atoms with van der Waals surface area (Å²) in [4.78, 5) is 21.1. The van der Waals surface area contributed by atoms with E-state index in [0.29, 0.717) is 17.6 Å². The lowest BCUT2D eigenvalue weighted by Crippen LogP contribution is -2.49. The van der Waals surface area contributed by atoms with Gasteiger partial charge in [0.05, 0.1) is 6.33 Å². The molecule has 1 aliphatic heterocycles. The van der Waals surface area contributed by atoms with E-state index in [9.17, 15) is 0 Å². The van der Waals surface area contributed by atoms with Gasteiger partial charge in [-0.2, -0.15) is 9.97 Å². The van der Waals surface area contributed by atoms with Gasteiger partial charge in [-0.1, -0.05) is 0 Å². The summed E-state index contributed by atoms with van der Waals surface area (Å²) in [7, 11) is 1.83. The Hall–Kier alpha value is -1.89. The van der Waals surface area contributed by atoms with Crippen LogP contribution in [0.4, 0.5) is 11.8 Å². The highest BCUT2D eigenvalue weighted by Crippen LogP contribution is 2.23. The summed E-state index contributed by atoms with van der Waals surface area (Å²) in [5.41, 5.74) is 1.63. The monoisotopic (exact) mass is 275 g/mol. The van der Waals surface area contributed by atoms with Crippen LogP contribution in [0.2, 0.25) is 0 Å². The van der Waals surface area contributed by atoms with E-state index in [1.54, 1.807) is 6.33 Å². The maximum atomic E-state index is 4.60. The van der Waals surface area contributed by atoms with Crippen LogP contribution in [-0.2, 0) is 0 Å². The lowest BCUT2D eigenvalue weighted by Gasteiger charge is -2.37. The number of hydrogen-bond acceptors (Lipinski definition) is 6. The summed E-state index contributed by atoms with van der Waals surface area (Å²) in [6.07, 6.45) is 1.67. The number of rotatable bonds is 3. The SMILES string of the molecule is CNc1nc(N2CCN(C(C)C)CC2)c2[nH]cnc2n1. The van der Waals surface area contributed by atoms with Gasteiger partial charge in [-0.25, -0.2) is 4.98 Å². The Balaban J connectivity index is 1.88. The Morgan fingerprint density at radius 3 is 2.60 bits per heavy atom. The smallest absolute Gasteiger partial charge is 0.226 e. The molecule has 2 N–H and O–H groups in total. The zero-order valence-corrected chi connectivity index (χ0v) is 12.2. The Morgan fingerprint density at radius 2 is 1.95 bits per heavy atom. The molecule has 0 amide bonds. The molecule has 108 valence electrons. The fraction of sp³-hybridized carbons (Fsp3) is 0.615. The molecule has 0 aliphatic carbocycles. The molecule has 1 aliphatic rings. The second kappa shape index (κ2) is 5.24. The predicted molar refractivity (Wildman–Crippen MR) is 80.2 cm³/mol. The van der Waals surface area contributed by atoms with Gasteiger partial charge in [0.1, 0.15) is 5.52 Å². The van der Waals surface area contributed by atoms with Crippen molar-refractivity contribution in [3.05, 3.63) is 6.33 Å². The van der Waals surface area contributed by atoms with Crippen LogP contribution in [0, 0.1) is 0 Å². The van der Waals surface area contributed by atoms with Gasteiger partial charge in [-0.05, 0) is 13.8 Å². The van der Waals surface area contributed by atoms with Gasteiger partial charge in [-0.15, -0.1) is 0 Å². The van der Waals surface area contributed by atoms with Crippen LogP contribution in [0.25, 0.3) is 11.2 Å². The second-order valence-electron chi connectivity index (χ2n) is 5.34. The zero-order valence-electron chi connectivity index (χ0n) is 12.2. The van der Waals surface area contributed by atoms with Gasteiger partial charge in [0.15, 0.2) is 11.5 Å². The highest BCUT2D eigenvalue weighted by molar-refractivity contribution is 5.84. The van der Waals surface area contributed by atoms with Crippen LogP contribution >= 0.6 is 0 Å². The summed E-state index contributed by atoms with van der Waals surface area (Å²) in [5.74, 6) is 1.56. The molecule has 20 heavy (non-hydrogen) atoms. The lowest BCUT2D eigenvalue weighted by atomic mass is 10.2. The maximum absolute atomic E-state index is 4.60. The molecule has 1 fully saturated rings. The number of nitrogens with one attached hydrogen (secondary N) is 2. The Bertz CT molecular complexity index is 583. The van der Waals surface area contributed by atoms with Crippen molar-refractivity contribution >= 4 is 22.9 Å². The van der Waals surface area contributed by atoms with Crippen LogP contribution in [0.1, 0.15) is 13.8 Å². The molecular formula is C13H21N7. The maximum Gasteiger partial charge on any atom is 0.226 e. The standard InChI is InChI=1S/C13H21N7/c1-9(2)19-4-6-20(7-5-19)12-10-11(16-8-15-10)17-13(14-3)18-12/h8-9H,4-7H2,1-3H3,(H2,14,15,16,17,18). The number of anilines is 2. The van der Waals surface area contributed by atoms with E-state index < -0.39 is 0 Å². The van der Waals surface area contributed by atoms with Crippen molar-refractivity contribution < 1.29 is 0 Å². The molecular weight excluding hydrogens is 254 g/mol. The normalized spacial score (nSPS) is 17.1. The van der Waals surface area contributed by atoms with Gasteiger partial charge in [-0.3, -0.25) is 4.90 Å². The number of hydrogen-bond donors (Lipinski definition) is 2. The summed E-state index contributed by atoms with van der Waals surface area (Å²) in [6.45, 7) is 8.57. The number of H-pyrrole nitrogens is 1. The fourth-order valence-electron chi connectivity index (χ4n) is 2.61. The zero-order chi connectivity index (χ0) is 14.1. The van der Waals surface area contributed by atoms with Gasteiger partial charge in [0.25, 0.3) is 0 Å². The minimum absolute atomic E-state index is 0.600. The molecule has 0 spiro atoms. The summed E-state index contributed by atoms with van der Waals surface area (Å²) in [6, 6.07) is 0.600. The molecule has 0 radical (unpaired) electrons. The van der Waals surface area contributed by atoms with Gasteiger partial charge >= 0.3 is 0 Å². The van der Waals surface area contributed by atoms with Crippen LogP contribution in [0.5, 0.6) is 0 Å². The van der Waals surface area contributed by atoms with E-state index in [2.05, 4.69) is 48.9 Å². The molecule has 3 rings (SSSR count). The molecule has 0 saturated carbocycles. The Kier molecular flexibility index (Phi) is 3.43. The molecule has 0 atom stereocenters. The van der Waals surface area contributed by atoms with Crippen LogP contribution < -0.4 is 10.2 Å². The summed E-state index contributed by atoms with van der Waals surface area (Å²) >= 11 is 0. The topological polar surface area (TPSA) is 73.0 Å². The van der Waals surface area contributed by atoms with Crippen molar-refractivity contribution in [1.82, 2.24) is 24.8 Å². The van der Waals surface area contributed by atoms with Crippen molar-refractivity contribution in [1.29, 1.82) is 0 Å². The first kappa shape index (κ1) is 13.1. The van der Waals surface area contributed by atoms with Crippen LogP contribution in [0.3, 0.4) is 0 Å². The Labute approximate surface area is 118 Å². The average Bonchev–Trinajstić information content (AvgIpc) is 2.94. The van der Waals surface area contributed by atoms with E-state index in [1.807, 2.05) is 7.05 Å². The molecule has 7 heteroatoms. The quantitative estimate of drug-likeness (QED) is 0.868. The van der Waals surface area contributed by atoms with E-state index in [0.717, 1.165) is 37.5 Å². The third kappa shape index (κ3) is 2.29. The molecule has 3 heterocycles. The first-order valence-corrected chi connectivity index (χ1v) is 7.07. The summed E-state index contributed by atoms with van der Waals surface area (Å²) in [5, 5.41) is 3.00. The first-order valence-electron chi connectivity index (χ1n) is 7.07. The highest BCUT2D eigenvalue weighted by Gasteiger charge is 2.22. The average molecular weight is 275 g/mol. The number of fused-ring (bicyclic) bond motifs is 1. The van der Waals surface area contributed by atoms with Crippen molar-refractivity contribution in [2.75, 3.05) is 43.4 Å². The number of aromatic amines is 1. The van der Waals surface area contributed by atoms with Gasteiger partial charge in [0, 0.05) is 39.3 Å². The molecule has 0 bridgehead atoms. The number of imidazole rings is 1. The Morgan fingerprint density at radius 1 is 1.20 bits per heavy atom. The molecule has 0 unspecified atom stereocenters. The van der Waals surface area contributed by atoms with E-state index >= 15 is 0 Å². The molecule has 7 nitrogen and oxygen atoms in total. The predicted octanol–water partition coefficient (Wildman–Crippen LogP) is 0.925. The summed E-state index contributed by atoms with van der Waals surface area (Å²) < 4.78 is 0. The van der Waals surface area contributed by atoms with Crippen molar-refractivity contribution in [2.24, 2.45) is 0 Å².